The fourth-order valence-corrected chi connectivity index (χ4v) is 1.85. The molecule has 0 spiro atoms. The summed E-state index contributed by atoms with van der Waals surface area (Å²) >= 11 is 0. The highest BCUT2D eigenvalue weighted by Crippen LogP contribution is 2.24. The molecule has 0 radical (unpaired) electrons. The summed E-state index contributed by atoms with van der Waals surface area (Å²) in [5.41, 5.74) is 0.433. The van der Waals surface area contributed by atoms with Crippen molar-refractivity contribution in [1.29, 1.82) is 0 Å². The van der Waals surface area contributed by atoms with Crippen LogP contribution in [0.15, 0.2) is 30.3 Å². The largest absolute Gasteiger partial charge is 0.483 e. The summed E-state index contributed by atoms with van der Waals surface area (Å²) in [5.74, 6) is -3.89. The second kappa shape index (κ2) is 6.58. The molecule has 1 N–H and O–H groups in total. The Hall–Kier alpha value is -2.08. The van der Waals surface area contributed by atoms with Crippen LogP contribution in [0.5, 0.6) is 5.75 Å². The van der Waals surface area contributed by atoms with Gasteiger partial charge < -0.3 is 10.1 Å². The SMILES string of the molecule is CNCc1cc(F)c(OCc2ccc(F)cc2F)c(F)c1. The molecule has 0 saturated heterocycles. The number of rotatable bonds is 5. The summed E-state index contributed by atoms with van der Waals surface area (Å²) in [6.45, 7) is -0.0912. The molecule has 6 heteroatoms. The maximum Gasteiger partial charge on any atom is 0.191 e. The maximum absolute atomic E-state index is 13.8. The molecule has 0 aliphatic rings. The van der Waals surface area contributed by atoms with E-state index in [4.69, 9.17) is 4.74 Å². The van der Waals surface area contributed by atoms with Crippen molar-refractivity contribution in [1.82, 2.24) is 5.32 Å². The van der Waals surface area contributed by atoms with Gasteiger partial charge in [-0.2, -0.15) is 0 Å². The third kappa shape index (κ3) is 3.72. The fraction of sp³-hybridized carbons (Fsp3) is 0.200. The van der Waals surface area contributed by atoms with Crippen LogP contribution >= 0.6 is 0 Å². The minimum Gasteiger partial charge on any atom is -0.483 e. The van der Waals surface area contributed by atoms with Crippen LogP contribution in [0.25, 0.3) is 0 Å². The van der Waals surface area contributed by atoms with Crippen molar-refractivity contribution >= 4 is 0 Å². The van der Waals surface area contributed by atoms with Crippen molar-refractivity contribution in [2.45, 2.75) is 13.2 Å². The molecule has 0 saturated carbocycles. The topological polar surface area (TPSA) is 21.3 Å². The van der Waals surface area contributed by atoms with Crippen LogP contribution in [-0.4, -0.2) is 7.05 Å². The summed E-state index contributed by atoms with van der Waals surface area (Å²) in [7, 11) is 1.65. The van der Waals surface area contributed by atoms with Gasteiger partial charge >= 0.3 is 0 Å². The average Bonchev–Trinajstić information content (AvgIpc) is 2.40. The molecule has 0 atom stereocenters. The van der Waals surface area contributed by atoms with Gasteiger partial charge in [-0.05, 0) is 36.9 Å². The van der Waals surface area contributed by atoms with E-state index >= 15 is 0 Å². The Kier molecular flexibility index (Phi) is 4.80. The molecule has 2 aromatic rings. The Balaban J connectivity index is 2.16. The molecule has 2 nitrogen and oxygen atoms in total. The monoisotopic (exact) mass is 299 g/mol. The second-order valence-corrected chi connectivity index (χ2v) is 4.44. The number of benzene rings is 2. The fourth-order valence-electron chi connectivity index (χ4n) is 1.85. The number of ether oxygens (including phenoxy) is 1. The molecule has 0 aliphatic carbocycles. The molecule has 0 aliphatic heterocycles. The lowest BCUT2D eigenvalue weighted by Crippen LogP contribution is -2.07. The predicted octanol–water partition coefficient (Wildman–Crippen LogP) is 3.54. The van der Waals surface area contributed by atoms with Gasteiger partial charge in [0, 0.05) is 18.2 Å². The zero-order valence-corrected chi connectivity index (χ0v) is 11.2. The van der Waals surface area contributed by atoms with Gasteiger partial charge in [0.05, 0.1) is 0 Å². The minimum atomic E-state index is -0.872. The van der Waals surface area contributed by atoms with E-state index in [-0.39, 0.29) is 5.56 Å². The molecule has 0 fully saturated rings. The lowest BCUT2D eigenvalue weighted by molar-refractivity contribution is 0.268. The van der Waals surface area contributed by atoms with E-state index in [0.717, 1.165) is 24.3 Å². The number of halogens is 4. The van der Waals surface area contributed by atoms with Crippen LogP contribution in [0, 0.1) is 23.3 Å². The van der Waals surface area contributed by atoms with E-state index < -0.39 is 35.6 Å². The summed E-state index contributed by atoms with van der Waals surface area (Å²) in [6, 6.07) is 5.16. The van der Waals surface area contributed by atoms with Crippen molar-refractivity contribution in [2.75, 3.05) is 7.05 Å². The first-order valence-electron chi connectivity index (χ1n) is 6.20. The van der Waals surface area contributed by atoms with E-state index in [2.05, 4.69) is 5.32 Å². The van der Waals surface area contributed by atoms with Gasteiger partial charge in [-0.3, -0.25) is 0 Å². The molecule has 0 aromatic heterocycles. The Morgan fingerprint density at radius 2 is 1.62 bits per heavy atom. The third-order valence-electron chi connectivity index (χ3n) is 2.83. The molecule has 0 bridgehead atoms. The normalized spacial score (nSPS) is 10.7. The van der Waals surface area contributed by atoms with Gasteiger partial charge in [-0.1, -0.05) is 0 Å². The Labute approximate surface area is 119 Å². The van der Waals surface area contributed by atoms with Crippen molar-refractivity contribution < 1.29 is 22.3 Å². The first kappa shape index (κ1) is 15.3. The third-order valence-corrected chi connectivity index (χ3v) is 2.83. The van der Waals surface area contributed by atoms with Gasteiger partial charge in [-0.25, -0.2) is 17.6 Å². The zero-order chi connectivity index (χ0) is 15.4. The van der Waals surface area contributed by atoms with Gasteiger partial charge in [0.15, 0.2) is 17.4 Å². The molecular formula is C15H13F4NO. The Morgan fingerprint density at radius 1 is 0.952 bits per heavy atom. The van der Waals surface area contributed by atoms with Crippen molar-refractivity contribution in [3.8, 4) is 5.75 Å². The molecule has 21 heavy (non-hydrogen) atoms. The van der Waals surface area contributed by atoms with Crippen LogP contribution < -0.4 is 10.1 Å². The highest BCUT2D eigenvalue weighted by Gasteiger charge is 2.14. The lowest BCUT2D eigenvalue weighted by Gasteiger charge is -2.11. The molecule has 2 rings (SSSR count). The van der Waals surface area contributed by atoms with Crippen molar-refractivity contribution in [2.24, 2.45) is 0 Å². The van der Waals surface area contributed by atoms with E-state index in [1.54, 1.807) is 7.05 Å². The van der Waals surface area contributed by atoms with Gasteiger partial charge in [0.25, 0.3) is 0 Å². The Morgan fingerprint density at radius 3 is 2.19 bits per heavy atom. The van der Waals surface area contributed by atoms with Crippen LogP contribution in [0.2, 0.25) is 0 Å². The molecule has 0 amide bonds. The van der Waals surface area contributed by atoms with E-state index in [1.165, 1.54) is 0 Å². The summed E-state index contributed by atoms with van der Waals surface area (Å²) in [5, 5.41) is 2.77. The Bertz CT molecular complexity index is 623. The van der Waals surface area contributed by atoms with Crippen LogP contribution in [0.4, 0.5) is 17.6 Å². The number of nitrogens with one attached hydrogen (secondary N) is 1. The van der Waals surface area contributed by atoms with Crippen LogP contribution in [-0.2, 0) is 13.2 Å². The molecule has 2 aromatic carbocycles. The smallest absolute Gasteiger partial charge is 0.191 e. The summed E-state index contributed by atoms with van der Waals surface area (Å²) in [4.78, 5) is 0. The van der Waals surface area contributed by atoms with Gasteiger partial charge in [0.2, 0.25) is 0 Å². The first-order valence-corrected chi connectivity index (χ1v) is 6.20. The van der Waals surface area contributed by atoms with Crippen molar-refractivity contribution in [3.05, 3.63) is 64.7 Å². The molecule has 112 valence electrons. The lowest BCUT2D eigenvalue weighted by atomic mass is 10.2. The molecular weight excluding hydrogens is 286 g/mol. The first-order chi connectivity index (χ1) is 10.0. The van der Waals surface area contributed by atoms with Crippen LogP contribution in [0.1, 0.15) is 11.1 Å². The minimum absolute atomic E-state index is 0.00880. The van der Waals surface area contributed by atoms with E-state index in [9.17, 15) is 17.6 Å². The summed E-state index contributed by atoms with van der Waals surface area (Å²) in [6.07, 6.45) is 0. The zero-order valence-electron chi connectivity index (χ0n) is 11.2. The van der Waals surface area contributed by atoms with Gasteiger partial charge in [0.1, 0.15) is 18.2 Å². The molecule has 0 unspecified atom stereocenters. The average molecular weight is 299 g/mol. The van der Waals surface area contributed by atoms with E-state index in [1.807, 2.05) is 0 Å². The highest BCUT2D eigenvalue weighted by atomic mass is 19.1. The van der Waals surface area contributed by atoms with E-state index in [0.29, 0.717) is 18.2 Å². The highest BCUT2D eigenvalue weighted by molar-refractivity contribution is 5.31. The maximum atomic E-state index is 13.8. The molecule has 0 heterocycles. The van der Waals surface area contributed by atoms with Crippen molar-refractivity contribution in [3.63, 3.8) is 0 Å². The standard InChI is InChI=1S/C15H13F4NO/c1-20-7-9-4-13(18)15(14(19)5-9)21-8-10-2-3-11(16)6-12(10)17/h2-6,20H,7-8H2,1H3. The van der Waals surface area contributed by atoms with Crippen LogP contribution in [0.3, 0.4) is 0 Å². The quantitative estimate of drug-likeness (QED) is 0.853. The predicted molar refractivity (Wildman–Crippen MR) is 69.8 cm³/mol. The number of hydrogen-bond acceptors (Lipinski definition) is 2. The summed E-state index contributed by atoms with van der Waals surface area (Å²) < 4.78 is 58.6. The number of hydrogen-bond donors (Lipinski definition) is 1. The van der Waals surface area contributed by atoms with Gasteiger partial charge in [-0.15, -0.1) is 0 Å². The second-order valence-electron chi connectivity index (χ2n) is 4.44.